The number of fused-ring (bicyclic) bond motifs is 1. The molecule has 0 aliphatic carbocycles. The summed E-state index contributed by atoms with van der Waals surface area (Å²) in [5.41, 5.74) is 4.45. The van der Waals surface area contributed by atoms with Crippen molar-refractivity contribution in [1.82, 2.24) is 14.7 Å². The number of halogens is 1. The number of imidazole rings is 1. The topological polar surface area (TPSA) is 63.5 Å². The first-order chi connectivity index (χ1) is 12.4. The molecule has 0 saturated carbocycles. The molecular weight excluding hydrogens is 394 g/mol. The van der Waals surface area contributed by atoms with Gasteiger partial charge in [0.2, 0.25) is 5.91 Å². The zero-order chi connectivity index (χ0) is 18.7. The number of Topliss-reactive ketones (excluding diaryl/α,β-unsaturated/α-hetero) is 1. The number of carbonyl (C=O) groups excluding carboxylic acids is 2. The fourth-order valence-corrected chi connectivity index (χ4v) is 3.31. The van der Waals surface area contributed by atoms with Crippen LogP contribution in [0.1, 0.15) is 40.0 Å². The fourth-order valence-electron chi connectivity index (χ4n) is 2.75. The van der Waals surface area contributed by atoms with Crippen LogP contribution in [0.2, 0.25) is 0 Å². The number of amides is 1. The zero-order valence-electron chi connectivity index (χ0n) is 14.8. The summed E-state index contributed by atoms with van der Waals surface area (Å²) < 4.78 is 2.91. The van der Waals surface area contributed by atoms with Gasteiger partial charge in [0.15, 0.2) is 5.78 Å². The van der Waals surface area contributed by atoms with E-state index >= 15 is 0 Å². The highest BCUT2D eigenvalue weighted by Gasteiger charge is 2.10. The van der Waals surface area contributed by atoms with Gasteiger partial charge >= 0.3 is 0 Å². The van der Waals surface area contributed by atoms with Gasteiger partial charge in [-0.3, -0.25) is 9.59 Å². The van der Waals surface area contributed by atoms with Gasteiger partial charge in [-0.25, -0.2) is 4.98 Å². The maximum Gasteiger partial charge on any atom is 0.220 e. The van der Waals surface area contributed by atoms with Crippen LogP contribution in [0.5, 0.6) is 0 Å². The van der Waals surface area contributed by atoms with Crippen molar-refractivity contribution in [2.45, 2.75) is 33.2 Å². The molecule has 0 aliphatic heterocycles. The molecular formula is C20H20BrN3O2. The average molecular weight is 414 g/mol. The Labute approximate surface area is 160 Å². The number of carbonyl (C=O) groups is 2. The van der Waals surface area contributed by atoms with Crippen LogP contribution in [0.4, 0.5) is 0 Å². The van der Waals surface area contributed by atoms with Crippen molar-refractivity contribution in [3.05, 3.63) is 69.6 Å². The normalized spacial score (nSPS) is 10.9. The number of aryl methyl sites for hydroxylation is 2. The molecule has 2 aromatic heterocycles. The van der Waals surface area contributed by atoms with Crippen molar-refractivity contribution in [1.29, 1.82) is 0 Å². The molecule has 5 nitrogen and oxygen atoms in total. The van der Waals surface area contributed by atoms with E-state index in [2.05, 4.69) is 26.2 Å². The Hall–Kier alpha value is -2.47. The molecule has 0 saturated heterocycles. The predicted octanol–water partition coefficient (Wildman–Crippen LogP) is 3.99. The number of benzene rings is 1. The molecule has 0 bridgehead atoms. The Morgan fingerprint density at radius 2 is 1.85 bits per heavy atom. The van der Waals surface area contributed by atoms with Crippen LogP contribution >= 0.6 is 15.9 Å². The number of nitrogens with zero attached hydrogens (tertiary/aromatic N) is 2. The van der Waals surface area contributed by atoms with Gasteiger partial charge in [-0.2, -0.15) is 0 Å². The predicted molar refractivity (Wildman–Crippen MR) is 104 cm³/mol. The number of ketones is 1. The first-order valence-corrected chi connectivity index (χ1v) is 9.22. The number of aromatic nitrogens is 2. The van der Waals surface area contributed by atoms with Gasteiger partial charge in [0, 0.05) is 35.3 Å². The van der Waals surface area contributed by atoms with E-state index in [1.54, 1.807) is 12.1 Å². The van der Waals surface area contributed by atoms with Gasteiger partial charge in [-0.1, -0.05) is 29.8 Å². The molecule has 1 aromatic carbocycles. The molecule has 0 fully saturated rings. The van der Waals surface area contributed by atoms with Crippen LogP contribution in [0.25, 0.3) is 5.65 Å². The van der Waals surface area contributed by atoms with Crippen LogP contribution in [0.15, 0.2) is 47.2 Å². The van der Waals surface area contributed by atoms with Gasteiger partial charge in [0.1, 0.15) is 5.65 Å². The molecule has 0 spiro atoms. The molecule has 0 atom stereocenters. The van der Waals surface area contributed by atoms with E-state index in [0.717, 1.165) is 26.9 Å². The van der Waals surface area contributed by atoms with Crippen molar-refractivity contribution in [2.24, 2.45) is 0 Å². The second-order valence-electron chi connectivity index (χ2n) is 6.37. The number of pyridine rings is 1. The number of hydrogen-bond donors (Lipinski definition) is 1. The lowest BCUT2D eigenvalue weighted by molar-refractivity contribution is -0.121. The summed E-state index contributed by atoms with van der Waals surface area (Å²) in [5.74, 6) is -0.172. The maximum absolute atomic E-state index is 12.1. The number of hydrogen-bond acceptors (Lipinski definition) is 3. The Morgan fingerprint density at radius 1 is 1.12 bits per heavy atom. The quantitative estimate of drug-likeness (QED) is 0.621. The highest BCUT2D eigenvalue weighted by molar-refractivity contribution is 9.10. The van der Waals surface area contributed by atoms with Crippen molar-refractivity contribution in [3.8, 4) is 0 Å². The second kappa shape index (κ2) is 7.83. The average Bonchev–Trinajstić information content (AvgIpc) is 3.01. The van der Waals surface area contributed by atoms with Gasteiger partial charge in [0.25, 0.3) is 0 Å². The third kappa shape index (κ3) is 4.38. The lowest BCUT2D eigenvalue weighted by atomic mass is 10.1. The molecule has 0 unspecified atom stereocenters. The molecule has 0 aliphatic rings. The second-order valence-corrected chi connectivity index (χ2v) is 7.29. The number of rotatable bonds is 6. The lowest BCUT2D eigenvalue weighted by Gasteiger charge is -2.04. The minimum Gasteiger partial charge on any atom is -0.350 e. The highest BCUT2D eigenvalue weighted by Crippen LogP contribution is 2.17. The summed E-state index contributed by atoms with van der Waals surface area (Å²) in [6.07, 6.45) is 4.20. The summed E-state index contributed by atoms with van der Waals surface area (Å²) >= 11 is 3.46. The summed E-state index contributed by atoms with van der Waals surface area (Å²) in [6.45, 7) is 4.31. The SMILES string of the molecule is Cc1ccc(C(=O)CCC(=O)NCc2cn3cc(Br)cc(C)c3n2)cc1. The minimum absolute atomic E-state index is 0.0200. The van der Waals surface area contributed by atoms with Crippen LogP contribution in [-0.4, -0.2) is 21.1 Å². The summed E-state index contributed by atoms with van der Waals surface area (Å²) in [6, 6.07) is 9.40. The first-order valence-electron chi connectivity index (χ1n) is 8.42. The first kappa shape index (κ1) is 18.3. The third-order valence-corrected chi connectivity index (χ3v) is 4.60. The molecule has 1 amide bonds. The fraction of sp³-hybridized carbons (Fsp3) is 0.250. The molecule has 26 heavy (non-hydrogen) atoms. The molecule has 3 aromatic rings. The highest BCUT2D eigenvalue weighted by atomic mass is 79.9. The molecule has 2 heterocycles. The number of nitrogens with one attached hydrogen (secondary N) is 1. The minimum atomic E-state index is -0.152. The Kier molecular flexibility index (Phi) is 5.52. The van der Waals surface area contributed by atoms with E-state index < -0.39 is 0 Å². The van der Waals surface area contributed by atoms with Crippen LogP contribution < -0.4 is 5.32 Å². The molecule has 6 heteroatoms. The smallest absolute Gasteiger partial charge is 0.220 e. The zero-order valence-corrected chi connectivity index (χ0v) is 16.3. The molecule has 3 rings (SSSR count). The largest absolute Gasteiger partial charge is 0.350 e. The summed E-state index contributed by atoms with van der Waals surface area (Å²) in [4.78, 5) is 28.7. The Balaban J connectivity index is 1.53. The maximum atomic E-state index is 12.1. The standard InChI is InChI=1S/C20H20BrN3O2/c1-13-3-5-15(6-4-13)18(25)7-8-19(26)22-10-17-12-24-11-16(21)9-14(2)20(24)23-17/h3-6,9,11-12H,7-8,10H2,1-2H3,(H,22,26). The Bertz CT molecular complexity index is 961. The monoisotopic (exact) mass is 413 g/mol. The van der Waals surface area contributed by atoms with Gasteiger partial charge in [-0.05, 0) is 41.4 Å². The van der Waals surface area contributed by atoms with Crippen molar-refractivity contribution >= 4 is 33.3 Å². The van der Waals surface area contributed by atoms with E-state index in [0.29, 0.717) is 12.1 Å². The molecule has 134 valence electrons. The van der Waals surface area contributed by atoms with Gasteiger partial charge in [-0.15, -0.1) is 0 Å². The summed E-state index contributed by atoms with van der Waals surface area (Å²) in [7, 11) is 0. The van der Waals surface area contributed by atoms with Crippen molar-refractivity contribution in [3.63, 3.8) is 0 Å². The van der Waals surface area contributed by atoms with E-state index in [1.165, 1.54) is 0 Å². The van der Waals surface area contributed by atoms with Crippen LogP contribution in [0.3, 0.4) is 0 Å². The van der Waals surface area contributed by atoms with E-state index in [1.807, 2.05) is 48.8 Å². The van der Waals surface area contributed by atoms with Crippen LogP contribution in [-0.2, 0) is 11.3 Å². The van der Waals surface area contributed by atoms with E-state index in [9.17, 15) is 9.59 Å². The van der Waals surface area contributed by atoms with Crippen LogP contribution in [0, 0.1) is 13.8 Å². The lowest BCUT2D eigenvalue weighted by Crippen LogP contribution is -2.23. The Morgan fingerprint density at radius 3 is 2.58 bits per heavy atom. The molecule has 0 radical (unpaired) electrons. The molecule has 1 N–H and O–H groups in total. The van der Waals surface area contributed by atoms with Crippen molar-refractivity contribution in [2.75, 3.05) is 0 Å². The van der Waals surface area contributed by atoms with Gasteiger partial charge < -0.3 is 9.72 Å². The summed E-state index contributed by atoms with van der Waals surface area (Å²) in [5, 5.41) is 2.83. The third-order valence-electron chi connectivity index (χ3n) is 4.17. The van der Waals surface area contributed by atoms with Gasteiger partial charge in [0.05, 0.1) is 12.2 Å². The van der Waals surface area contributed by atoms with E-state index in [-0.39, 0.29) is 24.5 Å². The van der Waals surface area contributed by atoms with Crippen molar-refractivity contribution < 1.29 is 9.59 Å². The van der Waals surface area contributed by atoms with E-state index in [4.69, 9.17) is 0 Å².